The number of carboxylic acids is 1. The molecule has 0 atom stereocenters. The van der Waals surface area contributed by atoms with Crippen molar-refractivity contribution in [3.63, 3.8) is 0 Å². The van der Waals surface area contributed by atoms with Crippen molar-refractivity contribution in [2.75, 3.05) is 31.1 Å². The molecule has 0 amide bonds. The van der Waals surface area contributed by atoms with Crippen molar-refractivity contribution in [3.05, 3.63) is 47.9 Å². The summed E-state index contributed by atoms with van der Waals surface area (Å²) in [5, 5.41) is 8.94. The fraction of sp³-hybridized carbons (Fsp3) is 0.353. The van der Waals surface area contributed by atoms with Crippen molar-refractivity contribution < 1.29 is 18.3 Å². The molecule has 0 spiro atoms. The van der Waals surface area contributed by atoms with Crippen LogP contribution in [0.4, 0.5) is 5.82 Å². The van der Waals surface area contributed by atoms with Gasteiger partial charge in [-0.1, -0.05) is 12.1 Å². The van der Waals surface area contributed by atoms with Gasteiger partial charge in [-0.15, -0.1) is 0 Å². The molecule has 1 aliphatic heterocycles. The number of aliphatic carboxylic acids is 1. The van der Waals surface area contributed by atoms with Crippen molar-refractivity contribution in [1.29, 1.82) is 0 Å². The summed E-state index contributed by atoms with van der Waals surface area (Å²) < 4.78 is 27.5. The molecule has 0 unspecified atom stereocenters. The van der Waals surface area contributed by atoms with E-state index in [-0.39, 0.29) is 11.3 Å². The maximum atomic E-state index is 13.0. The van der Waals surface area contributed by atoms with Gasteiger partial charge in [-0.3, -0.25) is 9.78 Å². The van der Waals surface area contributed by atoms with E-state index in [1.54, 1.807) is 37.6 Å². The lowest BCUT2D eigenvalue weighted by molar-refractivity contribution is -0.136. The SMILES string of the molecule is Cc1ccc(CC(=O)O)cc1S(=O)(=O)N1CCN(c2cnccn2)CC1. The highest BCUT2D eigenvalue weighted by molar-refractivity contribution is 7.89. The van der Waals surface area contributed by atoms with Gasteiger partial charge in [0.25, 0.3) is 0 Å². The molecule has 0 radical (unpaired) electrons. The molecule has 2 aromatic rings. The molecule has 1 N–H and O–H groups in total. The Bertz CT molecular complexity index is 894. The highest BCUT2D eigenvalue weighted by Gasteiger charge is 2.30. The number of anilines is 1. The first-order chi connectivity index (χ1) is 12.4. The highest BCUT2D eigenvalue weighted by atomic mass is 32.2. The molecule has 138 valence electrons. The van der Waals surface area contributed by atoms with Gasteiger partial charge in [0.2, 0.25) is 10.0 Å². The number of hydrogen-bond acceptors (Lipinski definition) is 6. The minimum atomic E-state index is -3.68. The molecule has 1 aromatic heterocycles. The van der Waals surface area contributed by atoms with Crippen LogP contribution in [0.3, 0.4) is 0 Å². The van der Waals surface area contributed by atoms with Crippen LogP contribution >= 0.6 is 0 Å². The van der Waals surface area contributed by atoms with Crippen LogP contribution in [-0.2, 0) is 21.2 Å². The first kappa shape index (κ1) is 18.3. The fourth-order valence-corrected chi connectivity index (χ4v) is 4.66. The van der Waals surface area contributed by atoms with Crippen molar-refractivity contribution >= 4 is 21.8 Å². The number of hydrogen-bond donors (Lipinski definition) is 1. The van der Waals surface area contributed by atoms with E-state index in [2.05, 4.69) is 9.97 Å². The third kappa shape index (κ3) is 3.83. The number of benzene rings is 1. The van der Waals surface area contributed by atoms with Gasteiger partial charge in [0.15, 0.2) is 0 Å². The van der Waals surface area contributed by atoms with Crippen molar-refractivity contribution in [3.8, 4) is 0 Å². The van der Waals surface area contributed by atoms with E-state index >= 15 is 0 Å². The first-order valence-corrected chi connectivity index (χ1v) is 9.64. The zero-order valence-corrected chi connectivity index (χ0v) is 15.2. The average Bonchev–Trinajstić information content (AvgIpc) is 2.63. The Morgan fingerprint density at radius 1 is 1.19 bits per heavy atom. The Hall–Kier alpha value is -2.52. The number of carboxylic acid groups (broad SMARTS) is 1. The minimum Gasteiger partial charge on any atom is -0.481 e. The Kier molecular flexibility index (Phi) is 5.19. The van der Waals surface area contributed by atoms with Crippen LogP contribution < -0.4 is 4.90 Å². The highest BCUT2D eigenvalue weighted by Crippen LogP contribution is 2.23. The summed E-state index contributed by atoms with van der Waals surface area (Å²) in [6, 6.07) is 4.77. The predicted molar refractivity (Wildman–Crippen MR) is 95.5 cm³/mol. The van der Waals surface area contributed by atoms with Crippen LogP contribution in [0.5, 0.6) is 0 Å². The number of rotatable bonds is 5. The van der Waals surface area contributed by atoms with Crippen LogP contribution in [0.2, 0.25) is 0 Å². The van der Waals surface area contributed by atoms with E-state index in [0.717, 1.165) is 5.82 Å². The standard InChI is InChI=1S/C17H20N4O4S/c1-13-2-3-14(11-17(22)23)10-15(13)26(24,25)21-8-6-20(7-9-21)16-12-18-4-5-19-16/h2-5,10,12H,6-9,11H2,1H3,(H,22,23). The second kappa shape index (κ2) is 7.38. The van der Waals surface area contributed by atoms with Gasteiger partial charge in [-0.2, -0.15) is 4.31 Å². The summed E-state index contributed by atoms with van der Waals surface area (Å²) in [6.07, 6.45) is 4.65. The molecule has 1 aliphatic rings. The van der Waals surface area contributed by atoms with E-state index in [0.29, 0.717) is 37.3 Å². The second-order valence-corrected chi connectivity index (χ2v) is 8.03. The van der Waals surface area contributed by atoms with Gasteiger partial charge in [-0.05, 0) is 24.1 Å². The normalized spacial score (nSPS) is 15.8. The predicted octanol–water partition coefficient (Wildman–Crippen LogP) is 0.923. The summed E-state index contributed by atoms with van der Waals surface area (Å²) in [6.45, 7) is 3.42. The number of nitrogens with zero attached hydrogens (tertiary/aromatic N) is 4. The molecule has 3 rings (SSSR count). The number of sulfonamides is 1. The average molecular weight is 376 g/mol. The molecule has 0 aliphatic carbocycles. The molecule has 26 heavy (non-hydrogen) atoms. The summed E-state index contributed by atoms with van der Waals surface area (Å²) in [4.78, 5) is 21.4. The smallest absolute Gasteiger partial charge is 0.307 e. The fourth-order valence-electron chi connectivity index (χ4n) is 2.96. The first-order valence-electron chi connectivity index (χ1n) is 8.20. The van der Waals surface area contributed by atoms with E-state index in [4.69, 9.17) is 5.11 Å². The summed E-state index contributed by atoms with van der Waals surface area (Å²) in [5.41, 5.74) is 1.08. The minimum absolute atomic E-state index is 0.171. The lowest BCUT2D eigenvalue weighted by Gasteiger charge is -2.34. The number of carbonyl (C=O) groups is 1. The Labute approximate surface area is 152 Å². The van der Waals surface area contributed by atoms with Gasteiger partial charge in [0.1, 0.15) is 5.82 Å². The molecule has 2 heterocycles. The Morgan fingerprint density at radius 3 is 2.54 bits per heavy atom. The van der Waals surface area contributed by atoms with Crippen LogP contribution in [0.1, 0.15) is 11.1 Å². The van der Waals surface area contributed by atoms with Crippen molar-refractivity contribution in [2.45, 2.75) is 18.2 Å². The van der Waals surface area contributed by atoms with E-state index in [9.17, 15) is 13.2 Å². The van der Waals surface area contributed by atoms with Gasteiger partial charge in [-0.25, -0.2) is 13.4 Å². The van der Waals surface area contributed by atoms with E-state index < -0.39 is 16.0 Å². The third-order valence-corrected chi connectivity index (χ3v) is 6.38. The summed E-state index contributed by atoms with van der Waals surface area (Å²) in [7, 11) is -3.68. The Morgan fingerprint density at radius 2 is 1.92 bits per heavy atom. The van der Waals surface area contributed by atoms with Crippen LogP contribution in [0, 0.1) is 6.92 Å². The topological polar surface area (TPSA) is 104 Å². The van der Waals surface area contributed by atoms with Crippen molar-refractivity contribution in [1.82, 2.24) is 14.3 Å². The van der Waals surface area contributed by atoms with Gasteiger partial charge in [0, 0.05) is 38.6 Å². The maximum absolute atomic E-state index is 13.0. The van der Waals surface area contributed by atoms with Crippen LogP contribution in [0.25, 0.3) is 0 Å². The van der Waals surface area contributed by atoms with E-state index in [1.165, 1.54) is 10.4 Å². The molecule has 9 heteroatoms. The number of piperazine rings is 1. The third-order valence-electron chi connectivity index (χ3n) is 4.34. The van der Waals surface area contributed by atoms with Crippen LogP contribution in [-0.4, -0.2) is 59.9 Å². The van der Waals surface area contributed by atoms with Gasteiger partial charge < -0.3 is 10.0 Å². The van der Waals surface area contributed by atoms with Gasteiger partial charge in [0.05, 0.1) is 17.5 Å². The second-order valence-electron chi connectivity index (χ2n) is 6.13. The molecular weight excluding hydrogens is 356 g/mol. The Balaban J connectivity index is 1.78. The molecule has 0 saturated carbocycles. The summed E-state index contributed by atoms with van der Waals surface area (Å²) in [5.74, 6) is -0.265. The molecule has 0 bridgehead atoms. The molecule has 1 aromatic carbocycles. The number of aryl methyl sites for hydroxylation is 1. The zero-order chi connectivity index (χ0) is 18.7. The summed E-state index contributed by atoms with van der Waals surface area (Å²) >= 11 is 0. The van der Waals surface area contributed by atoms with Crippen molar-refractivity contribution in [2.24, 2.45) is 0 Å². The maximum Gasteiger partial charge on any atom is 0.307 e. The molecule has 1 fully saturated rings. The van der Waals surface area contributed by atoms with Crippen LogP contribution in [0.15, 0.2) is 41.7 Å². The number of aromatic nitrogens is 2. The molecular formula is C17H20N4O4S. The van der Waals surface area contributed by atoms with Gasteiger partial charge >= 0.3 is 5.97 Å². The largest absolute Gasteiger partial charge is 0.481 e. The lowest BCUT2D eigenvalue weighted by atomic mass is 10.1. The molecule has 8 nitrogen and oxygen atoms in total. The van der Waals surface area contributed by atoms with E-state index in [1.807, 2.05) is 4.90 Å². The molecule has 1 saturated heterocycles. The zero-order valence-electron chi connectivity index (χ0n) is 14.4. The quantitative estimate of drug-likeness (QED) is 0.827. The monoisotopic (exact) mass is 376 g/mol. The lowest BCUT2D eigenvalue weighted by Crippen LogP contribution is -2.49.